The van der Waals surface area contributed by atoms with Crippen LogP contribution in [0.1, 0.15) is 5.89 Å². The van der Waals surface area contributed by atoms with Crippen LogP contribution in [0.3, 0.4) is 0 Å². The molecule has 5 rings (SSSR count). The summed E-state index contributed by atoms with van der Waals surface area (Å²) < 4.78 is 22.2. The van der Waals surface area contributed by atoms with Crippen LogP contribution in [-0.2, 0) is 11.3 Å². The third-order valence-corrected chi connectivity index (χ3v) is 5.62. The Balaban J connectivity index is 1.15. The largest absolute Gasteiger partial charge is 0.497 e. The summed E-state index contributed by atoms with van der Waals surface area (Å²) in [6.07, 6.45) is -0.613. The number of methoxy groups -OCH3 is 1. The minimum absolute atomic E-state index is 0.0442. The summed E-state index contributed by atoms with van der Waals surface area (Å²) in [5.74, 6) is 3.06. The van der Waals surface area contributed by atoms with E-state index in [-0.39, 0.29) is 12.5 Å². The van der Waals surface area contributed by atoms with E-state index in [1.54, 1.807) is 7.11 Å². The number of nitrogens with zero attached hydrogens (tertiary/aromatic N) is 4. The Morgan fingerprint density at radius 2 is 1.91 bits per heavy atom. The summed E-state index contributed by atoms with van der Waals surface area (Å²) in [7, 11) is 1.62. The van der Waals surface area contributed by atoms with Crippen LogP contribution in [0.25, 0.3) is 11.4 Å². The van der Waals surface area contributed by atoms with Crippen LogP contribution in [-0.4, -0.2) is 71.8 Å². The van der Waals surface area contributed by atoms with Crippen molar-refractivity contribution in [1.82, 2.24) is 19.9 Å². The molecule has 0 bridgehead atoms. The van der Waals surface area contributed by atoms with Gasteiger partial charge in [0.05, 0.1) is 13.7 Å². The Morgan fingerprint density at radius 1 is 1.09 bits per heavy atom. The molecule has 9 heteroatoms. The summed E-state index contributed by atoms with van der Waals surface area (Å²) in [6.45, 7) is 3.41. The fraction of sp³-hybridized carbons (Fsp3) is 0.348. The summed E-state index contributed by atoms with van der Waals surface area (Å²) in [5, 5.41) is 4.09. The van der Waals surface area contributed by atoms with Gasteiger partial charge in [-0.1, -0.05) is 29.4 Å². The van der Waals surface area contributed by atoms with E-state index >= 15 is 0 Å². The van der Waals surface area contributed by atoms with Crippen LogP contribution in [0.2, 0.25) is 0 Å². The molecule has 0 N–H and O–H groups in total. The first kappa shape index (κ1) is 20.3. The van der Waals surface area contributed by atoms with E-state index in [1.165, 1.54) is 0 Å². The molecule has 0 radical (unpaired) electrons. The Morgan fingerprint density at radius 3 is 2.72 bits per heavy atom. The van der Waals surface area contributed by atoms with Gasteiger partial charge in [-0.2, -0.15) is 4.98 Å². The van der Waals surface area contributed by atoms with Gasteiger partial charge in [0, 0.05) is 31.7 Å². The lowest BCUT2D eigenvalue weighted by Crippen LogP contribution is -2.53. The van der Waals surface area contributed by atoms with Gasteiger partial charge in [-0.3, -0.25) is 9.69 Å². The van der Waals surface area contributed by atoms with Crippen LogP contribution in [0.15, 0.2) is 53.1 Å². The van der Waals surface area contributed by atoms with Gasteiger partial charge in [0.1, 0.15) is 12.4 Å². The number of rotatable bonds is 5. The molecule has 1 amide bonds. The van der Waals surface area contributed by atoms with Crippen molar-refractivity contribution in [2.24, 2.45) is 0 Å². The third-order valence-electron chi connectivity index (χ3n) is 5.62. The second kappa shape index (κ2) is 8.88. The smallest absolute Gasteiger partial charge is 0.267 e. The number of fused-ring (bicyclic) bond motifs is 1. The molecule has 9 nitrogen and oxygen atoms in total. The maximum Gasteiger partial charge on any atom is 0.267 e. The van der Waals surface area contributed by atoms with Crippen LogP contribution in [0.5, 0.6) is 17.2 Å². The van der Waals surface area contributed by atoms with Crippen molar-refractivity contribution < 1.29 is 23.5 Å². The Hall–Kier alpha value is -3.59. The molecule has 1 saturated heterocycles. The fourth-order valence-electron chi connectivity index (χ4n) is 3.86. The molecular formula is C23H24N4O5. The van der Waals surface area contributed by atoms with Gasteiger partial charge in [0.2, 0.25) is 17.8 Å². The second-order valence-corrected chi connectivity index (χ2v) is 7.71. The van der Waals surface area contributed by atoms with Gasteiger partial charge < -0.3 is 23.6 Å². The van der Waals surface area contributed by atoms with E-state index in [4.69, 9.17) is 18.7 Å². The number of benzene rings is 2. The zero-order valence-corrected chi connectivity index (χ0v) is 17.8. The number of amides is 1. The number of piperazine rings is 1. The maximum absolute atomic E-state index is 12.9. The topological polar surface area (TPSA) is 90.2 Å². The van der Waals surface area contributed by atoms with E-state index < -0.39 is 6.10 Å². The number of aromatic nitrogens is 2. The van der Waals surface area contributed by atoms with Gasteiger partial charge in [-0.05, 0) is 24.3 Å². The number of ether oxygens (including phenoxy) is 3. The molecule has 0 unspecified atom stereocenters. The molecule has 0 saturated carbocycles. The quantitative estimate of drug-likeness (QED) is 0.602. The van der Waals surface area contributed by atoms with Crippen LogP contribution < -0.4 is 14.2 Å². The predicted octanol–water partition coefficient (Wildman–Crippen LogP) is 2.23. The lowest BCUT2D eigenvalue weighted by molar-refractivity contribution is -0.143. The van der Waals surface area contributed by atoms with Gasteiger partial charge >= 0.3 is 0 Å². The van der Waals surface area contributed by atoms with E-state index in [0.717, 1.165) is 11.3 Å². The maximum atomic E-state index is 12.9. The first-order valence-electron chi connectivity index (χ1n) is 10.6. The van der Waals surface area contributed by atoms with Gasteiger partial charge in [0.25, 0.3) is 5.91 Å². The van der Waals surface area contributed by atoms with E-state index in [9.17, 15) is 4.79 Å². The van der Waals surface area contributed by atoms with Crippen LogP contribution in [0.4, 0.5) is 0 Å². The van der Waals surface area contributed by atoms with Gasteiger partial charge in [-0.15, -0.1) is 0 Å². The molecule has 2 aromatic carbocycles. The second-order valence-electron chi connectivity index (χ2n) is 7.71. The molecule has 3 heterocycles. The van der Waals surface area contributed by atoms with Crippen molar-refractivity contribution >= 4 is 5.91 Å². The normalized spacial score (nSPS) is 18.4. The minimum atomic E-state index is -0.613. The molecule has 1 atom stereocenters. The lowest BCUT2D eigenvalue weighted by Gasteiger charge is -2.36. The Labute approximate surface area is 185 Å². The molecule has 0 spiro atoms. The SMILES string of the molecule is COc1cccc(-c2noc(CN3CCN(C(=O)[C@H]4COc5ccccc5O4)CC3)n2)c1. The molecule has 166 valence electrons. The summed E-state index contributed by atoms with van der Waals surface area (Å²) in [6, 6.07) is 14.9. The van der Waals surface area contributed by atoms with E-state index in [0.29, 0.717) is 55.9 Å². The van der Waals surface area contributed by atoms with Gasteiger partial charge in [-0.25, -0.2) is 0 Å². The highest BCUT2D eigenvalue weighted by atomic mass is 16.6. The molecular weight excluding hydrogens is 412 g/mol. The highest BCUT2D eigenvalue weighted by Gasteiger charge is 2.32. The number of para-hydroxylation sites is 2. The van der Waals surface area contributed by atoms with Gasteiger partial charge in [0.15, 0.2) is 11.5 Å². The highest BCUT2D eigenvalue weighted by molar-refractivity contribution is 5.82. The van der Waals surface area contributed by atoms with Crippen molar-refractivity contribution in [3.63, 3.8) is 0 Å². The molecule has 1 aromatic heterocycles. The van der Waals surface area contributed by atoms with Crippen molar-refractivity contribution in [3.8, 4) is 28.6 Å². The summed E-state index contributed by atoms with van der Waals surface area (Å²) in [4.78, 5) is 21.4. The Bertz CT molecular complexity index is 1090. The van der Waals surface area contributed by atoms with E-state index in [2.05, 4.69) is 15.0 Å². The number of hydrogen-bond donors (Lipinski definition) is 0. The standard InChI is InChI=1S/C23H24N4O5/c1-29-17-6-4-5-16(13-17)22-24-21(32-25-22)14-26-9-11-27(12-10-26)23(28)20-15-30-18-7-2-3-8-19(18)31-20/h2-8,13,20H,9-12,14-15H2,1H3/t20-/m1/s1. The third kappa shape index (κ3) is 4.24. The lowest BCUT2D eigenvalue weighted by atomic mass is 10.2. The van der Waals surface area contributed by atoms with Crippen molar-refractivity contribution in [2.45, 2.75) is 12.6 Å². The molecule has 0 aliphatic carbocycles. The van der Waals surface area contributed by atoms with Crippen molar-refractivity contribution in [2.75, 3.05) is 39.9 Å². The molecule has 2 aliphatic heterocycles. The fourth-order valence-corrected chi connectivity index (χ4v) is 3.86. The monoisotopic (exact) mass is 436 g/mol. The number of carbonyl (C=O) groups is 1. The minimum Gasteiger partial charge on any atom is -0.497 e. The number of hydrogen-bond acceptors (Lipinski definition) is 8. The molecule has 32 heavy (non-hydrogen) atoms. The predicted molar refractivity (Wildman–Crippen MR) is 114 cm³/mol. The highest BCUT2D eigenvalue weighted by Crippen LogP contribution is 2.31. The van der Waals surface area contributed by atoms with Crippen LogP contribution >= 0.6 is 0 Å². The zero-order chi connectivity index (χ0) is 21.9. The van der Waals surface area contributed by atoms with E-state index in [1.807, 2.05) is 53.4 Å². The molecule has 1 fully saturated rings. The van der Waals surface area contributed by atoms with Crippen LogP contribution in [0, 0.1) is 0 Å². The molecule has 3 aromatic rings. The summed E-state index contributed by atoms with van der Waals surface area (Å²) >= 11 is 0. The zero-order valence-electron chi connectivity index (χ0n) is 17.8. The first-order valence-corrected chi connectivity index (χ1v) is 10.6. The Kier molecular flexibility index (Phi) is 5.64. The van der Waals surface area contributed by atoms with Crippen molar-refractivity contribution in [3.05, 3.63) is 54.4 Å². The first-order chi connectivity index (χ1) is 15.7. The van der Waals surface area contributed by atoms with Crippen molar-refractivity contribution in [1.29, 1.82) is 0 Å². The average molecular weight is 436 g/mol. The number of carbonyl (C=O) groups excluding carboxylic acids is 1. The average Bonchev–Trinajstić information content (AvgIpc) is 3.32. The molecule has 2 aliphatic rings. The summed E-state index contributed by atoms with van der Waals surface area (Å²) in [5.41, 5.74) is 0.839.